The van der Waals surface area contributed by atoms with Gasteiger partial charge in [-0.1, -0.05) is 12.1 Å². The Labute approximate surface area is 111 Å². The van der Waals surface area contributed by atoms with Crippen LogP contribution in [-0.4, -0.2) is 48.3 Å². The molecule has 5 heteroatoms. The number of carbonyl (C=O) groups excluding carboxylic acids is 1. The third-order valence-corrected chi connectivity index (χ3v) is 3.64. The highest BCUT2D eigenvalue weighted by Gasteiger charge is 2.34. The molecule has 19 heavy (non-hydrogen) atoms. The van der Waals surface area contributed by atoms with Gasteiger partial charge in [-0.25, -0.2) is 0 Å². The summed E-state index contributed by atoms with van der Waals surface area (Å²) in [5.74, 6) is 1.44. The molecule has 2 aliphatic rings. The van der Waals surface area contributed by atoms with Crippen molar-refractivity contribution in [3.63, 3.8) is 0 Å². The first-order chi connectivity index (χ1) is 9.28. The summed E-state index contributed by atoms with van der Waals surface area (Å²) in [6.45, 7) is 1.67. The standard InChI is InChI=1S/C14H17NO4/c16-8-10-5-6-15(7-10)14(17)13-9-18-11-3-1-2-4-12(11)19-13/h1-4,10,13,16H,5-9H2. The van der Waals surface area contributed by atoms with E-state index in [9.17, 15) is 4.79 Å². The number of para-hydroxylation sites is 2. The minimum atomic E-state index is -0.577. The number of fused-ring (bicyclic) bond motifs is 1. The van der Waals surface area contributed by atoms with E-state index in [0.717, 1.165) is 6.42 Å². The molecule has 0 saturated carbocycles. The zero-order valence-electron chi connectivity index (χ0n) is 10.6. The lowest BCUT2D eigenvalue weighted by molar-refractivity contribution is -0.140. The summed E-state index contributed by atoms with van der Waals surface area (Å²) < 4.78 is 11.2. The molecule has 2 aliphatic heterocycles. The molecule has 0 spiro atoms. The molecule has 102 valence electrons. The Morgan fingerprint density at radius 2 is 2.16 bits per heavy atom. The average Bonchev–Trinajstić information content (AvgIpc) is 2.95. The molecule has 3 rings (SSSR count). The van der Waals surface area contributed by atoms with Crippen LogP contribution in [0.3, 0.4) is 0 Å². The van der Waals surface area contributed by atoms with Crippen molar-refractivity contribution >= 4 is 5.91 Å². The predicted molar refractivity (Wildman–Crippen MR) is 68.1 cm³/mol. The van der Waals surface area contributed by atoms with Crippen LogP contribution in [0, 0.1) is 5.92 Å². The Bertz CT molecular complexity index is 476. The number of aliphatic hydroxyl groups excluding tert-OH is 1. The molecule has 0 radical (unpaired) electrons. The molecule has 0 aliphatic carbocycles. The second-order valence-corrected chi connectivity index (χ2v) is 4.99. The number of likely N-dealkylation sites (tertiary alicyclic amines) is 1. The Hall–Kier alpha value is -1.75. The van der Waals surface area contributed by atoms with E-state index >= 15 is 0 Å². The number of benzene rings is 1. The zero-order chi connectivity index (χ0) is 13.2. The first-order valence-electron chi connectivity index (χ1n) is 6.56. The summed E-state index contributed by atoms with van der Waals surface area (Å²) in [4.78, 5) is 14.1. The number of aliphatic hydroxyl groups is 1. The molecule has 1 N–H and O–H groups in total. The van der Waals surface area contributed by atoms with Gasteiger partial charge in [0.15, 0.2) is 11.5 Å². The quantitative estimate of drug-likeness (QED) is 0.852. The van der Waals surface area contributed by atoms with Crippen molar-refractivity contribution < 1.29 is 19.4 Å². The summed E-state index contributed by atoms with van der Waals surface area (Å²) in [6, 6.07) is 7.35. The lowest BCUT2D eigenvalue weighted by atomic mass is 10.1. The van der Waals surface area contributed by atoms with Gasteiger partial charge < -0.3 is 19.5 Å². The molecular formula is C14H17NO4. The van der Waals surface area contributed by atoms with Crippen LogP contribution in [0.2, 0.25) is 0 Å². The third-order valence-electron chi connectivity index (χ3n) is 3.64. The van der Waals surface area contributed by atoms with Crippen LogP contribution in [0.5, 0.6) is 11.5 Å². The van der Waals surface area contributed by atoms with Gasteiger partial charge in [0, 0.05) is 25.6 Å². The molecule has 1 fully saturated rings. The van der Waals surface area contributed by atoms with Crippen LogP contribution < -0.4 is 9.47 Å². The summed E-state index contributed by atoms with van der Waals surface area (Å²) in [5, 5.41) is 9.11. The van der Waals surface area contributed by atoms with Gasteiger partial charge in [0.25, 0.3) is 5.91 Å². The van der Waals surface area contributed by atoms with Crippen LogP contribution in [0.25, 0.3) is 0 Å². The number of hydrogen-bond acceptors (Lipinski definition) is 4. The highest BCUT2D eigenvalue weighted by Crippen LogP contribution is 2.31. The van der Waals surface area contributed by atoms with Gasteiger partial charge in [-0.05, 0) is 18.6 Å². The topological polar surface area (TPSA) is 59.0 Å². The fourth-order valence-corrected chi connectivity index (χ4v) is 2.53. The number of carbonyl (C=O) groups is 1. The highest BCUT2D eigenvalue weighted by atomic mass is 16.6. The SMILES string of the molecule is O=C(C1COc2ccccc2O1)N1CCC(CO)C1. The van der Waals surface area contributed by atoms with Gasteiger partial charge in [0.2, 0.25) is 6.10 Å². The van der Waals surface area contributed by atoms with Gasteiger partial charge in [-0.3, -0.25) is 4.79 Å². The van der Waals surface area contributed by atoms with E-state index in [-0.39, 0.29) is 25.0 Å². The first kappa shape index (κ1) is 12.3. The van der Waals surface area contributed by atoms with Crippen molar-refractivity contribution in [2.24, 2.45) is 5.92 Å². The minimum absolute atomic E-state index is 0.0505. The summed E-state index contributed by atoms with van der Waals surface area (Å²) in [6.07, 6.45) is 0.277. The smallest absolute Gasteiger partial charge is 0.267 e. The molecular weight excluding hydrogens is 246 g/mol. The van der Waals surface area contributed by atoms with E-state index in [0.29, 0.717) is 24.6 Å². The summed E-state index contributed by atoms with van der Waals surface area (Å²) in [5.41, 5.74) is 0. The van der Waals surface area contributed by atoms with Gasteiger partial charge in [-0.2, -0.15) is 0 Å². The molecule has 1 amide bonds. The fraction of sp³-hybridized carbons (Fsp3) is 0.500. The lowest BCUT2D eigenvalue weighted by Gasteiger charge is -2.28. The second-order valence-electron chi connectivity index (χ2n) is 4.99. The van der Waals surface area contributed by atoms with Crippen LogP contribution in [0.15, 0.2) is 24.3 Å². The lowest BCUT2D eigenvalue weighted by Crippen LogP contribution is -2.45. The zero-order valence-corrected chi connectivity index (χ0v) is 10.6. The number of amides is 1. The van der Waals surface area contributed by atoms with E-state index in [2.05, 4.69) is 0 Å². The van der Waals surface area contributed by atoms with Crippen molar-refractivity contribution in [2.45, 2.75) is 12.5 Å². The van der Waals surface area contributed by atoms with E-state index in [1.54, 1.807) is 11.0 Å². The molecule has 2 unspecified atom stereocenters. The van der Waals surface area contributed by atoms with E-state index in [4.69, 9.17) is 14.6 Å². The number of hydrogen-bond donors (Lipinski definition) is 1. The van der Waals surface area contributed by atoms with E-state index < -0.39 is 6.10 Å². The van der Waals surface area contributed by atoms with Gasteiger partial charge >= 0.3 is 0 Å². The number of nitrogens with zero attached hydrogens (tertiary/aromatic N) is 1. The predicted octanol–water partition coefficient (Wildman–Crippen LogP) is 0.667. The van der Waals surface area contributed by atoms with E-state index in [1.807, 2.05) is 18.2 Å². The number of rotatable bonds is 2. The average molecular weight is 263 g/mol. The Balaban J connectivity index is 1.66. The van der Waals surface area contributed by atoms with Crippen LogP contribution in [-0.2, 0) is 4.79 Å². The fourth-order valence-electron chi connectivity index (χ4n) is 2.53. The van der Waals surface area contributed by atoms with Crippen molar-refractivity contribution in [3.05, 3.63) is 24.3 Å². The Morgan fingerprint density at radius 1 is 1.37 bits per heavy atom. The highest BCUT2D eigenvalue weighted by molar-refractivity contribution is 5.82. The maximum absolute atomic E-state index is 12.3. The Kier molecular flexibility index (Phi) is 3.29. The molecule has 5 nitrogen and oxygen atoms in total. The summed E-state index contributed by atoms with van der Waals surface area (Å²) >= 11 is 0. The molecule has 1 saturated heterocycles. The maximum Gasteiger partial charge on any atom is 0.267 e. The van der Waals surface area contributed by atoms with Crippen LogP contribution >= 0.6 is 0 Å². The van der Waals surface area contributed by atoms with E-state index in [1.165, 1.54) is 0 Å². The first-order valence-corrected chi connectivity index (χ1v) is 6.56. The molecule has 2 atom stereocenters. The largest absolute Gasteiger partial charge is 0.485 e. The van der Waals surface area contributed by atoms with Crippen LogP contribution in [0.4, 0.5) is 0 Å². The second kappa shape index (κ2) is 5.09. The van der Waals surface area contributed by atoms with Crippen molar-refractivity contribution in [2.75, 3.05) is 26.3 Å². The molecule has 0 bridgehead atoms. The third kappa shape index (κ3) is 2.38. The van der Waals surface area contributed by atoms with Gasteiger partial charge in [0.1, 0.15) is 6.61 Å². The normalized spacial score (nSPS) is 25.4. The monoisotopic (exact) mass is 263 g/mol. The molecule has 1 aromatic carbocycles. The summed E-state index contributed by atoms with van der Waals surface area (Å²) in [7, 11) is 0. The molecule has 0 aromatic heterocycles. The van der Waals surface area contributed by atoms with Crippen molar-refractivity contribution in [1.29, 1.82) is 0 Å². The molecule has 2 heterocycles. The van der Waals surface area contributed by atoms with Crippen molar-refractivity contribution in [3.8, 4) is 11.5 Å². The van der Waals surface area contributed by atoms with Crippen molar-refractivity contribution in [1.82, 2.24) is 4.90 Å². The number of ether oxygens (including phenoxy) is 2. The van der Waals surface area contributed by atoms with Crippen LogP contribution in [0.1, 0.15) is 6.42 Å². The maximum atomic E-state index is 12.3. The van der Waals surface area contributed by atoms with Gasteiger partial charge in [-0.15, -0.1) is 0 Å². The Morgan fingerprint density at radius 3 is 2.89 bits per heavy atom. The molecule has 1 aromatic rings. The van der Waals surface area contributed by atoms with Gasteiger partial charge in [0.05, 0.1) is 0 Å². The minimum Gasteiger partial charge on any atom is -0.485 e.